The molecule has 0 saturated heterocycles. The monoisotopic (exact) mass is 885 g/mol. The molecule has 0 bridgehead atoms. The molecule has 0 unspecified atom stereocenters. The van der Waals surface area contributed by atoms with Crippen LogP contribution < -0.4 is 4.40 Å². The van der Waals surface area contributed by atoms with E-state index >= 15 is 0 Å². The van der Waals surface area contributed by atoms with Gasteiger partial charge in [-0.25, -0.2) is 0 Å². The van der Waals surface area contributed by atoms with Crippen LogP contribution in [-0.2, 0) is 26.5 Å². The number of benzene rings is 4. The van der Waals surface area contributed by atoms with E-state index < -0.39 is 31.4 Å². The average molecular weight is 884 g/mol. The van der Waals surface area contributed by atoms with Crippen molar-refractivity contribution in [3.05, 3.63) is 139 Å². The van der Waals surface area contributed by atoms with E-state index in [0.717, 1.165) is 48.6 Å². The third-order valence-corrected chi connectivity index (χ3v) is 13.0. The summed E-state index contributed by atoms with van der Waals surface area (Å²) in [6, 6.07) is 40.5. The number of halogens is 3. The molecule has 47 heavy (non-hydrogen) atoms. The van der Waals surface area contributed by atoms with Crippen LogP contribution in [0.4, 0.5) is 13.2 Å². The Morgan fingerprint density at radius 3 is 2.21 bits per heavy atom. The van der Waals surface area contributed by atoms with Crippen LogP contribution >= 0.6 is 11.3 Å². The maximum atomic E-state index is 13.3. The molecular weight excluding hydrogens is 850 g/mol. The largest absolute Gasteiger partial charge is 0 e. The zero-order valence-electron chi connectivity index (χ0n) is 27.8. The van der Waals surface area contributed by atoms with E-state index in [9.17, 15) is 13.2 Å². The van der Waals surface area contributed by atoms with Crippen molar-refractivity contribution in [2.45, 2.75) is 29.8 Å². The third kappa shape index (κ3) is 8.28. The SMILES string of the molecule is [2H]C([2H])(c1ccnc(-c2[c-]ccc3c2sc2c(-c4ccccc4)cccc23)c1)C(F)(F)F.[CH3][Ge]([CH3])([CH3])[c]1ccc(-c2[c-]cccc2)nc1.[Ir]. The summed E-state index contributed by atoms with van der Waals surface area (Å²) in [5.41, 5.74) is 4.56. The summed E-state index contributed by atoms with van der Waals surface area (Å²) in [7, 11) is 0. The van der Waals surface area contributed by atoms with Crippen molar-refractivity contribution in [2.75, 3.05) is 0 Å². The van der Waals surface area contributed by atoms with Crippen molar-refractivity contribution in [1.82, 2.24) is 9.97 Å². The molecule has 7 rings (SSSR count). The van der Waals surface area contributed by atoms with Gasteiger partial charge in [-0.05, 0) is 38.5 Å². The number of aromatic nitrogens is 2. The Morgan fingerprint density at radius 2 is 1.53 bits per heavy atom. The van der Waals surface area contributed by atoms with Crippen LogP contribution in [0.2, 0.25) is 17.3 Å². The molecular formula is C39H31F3GeIrN2S-2. The second-order valence-corrected chi connectivity index (χ2v) is 23.4. The van der Waals surface area contributed by atoms with Crippen molar-refractivity contribution in [3.8, 4) is 33.6 Å². The Bertz CT molecular complexity index is 2190. The summed E-state index contributed by atoms with van der Waals surface area (Å²) in [4.78, 5) is 8.78. The molecule has 3 heterocycles. The molecule has 239 valence electrons. The minimum absolute atomic E-state index is 0. The van der Waals surface area contributed by atoms with Crippen LogP contribution in [-0.4, -0.2) is 29.4 Å². The maximum absolute atomic E-state index is 13.3. The van der Waals surface area contributed by atoms with Gasteiger partial charge in [-0.1, -0.05) is 60.0 Å². The number of hydrogen-bond donors (Lipinski definition) is 0. The molecule has 0 aliphatic carbocycles. The van der Waals surface area contributed by atoms with E-state index in [0.29, 0.717) is 5.56 Å². The normalized spacial score (nSPS) is 12.5. The van der Waals surface area contributed by atoms with Crippen LogP contribution in [0, 0.1) is 12.1 Å². The summed E-state index contributed by atoms with van der Waals surface area (Å²) >= 11 is -0.180. The van der Waals surface area contributed by atoms with Gasteiger partial charge >= 0.3 is 106 Å². The summed E-state index contributed by atoms with van der Waals surface area (Å²) in [5, 5.41) is 2.01. The Labute approximate surface area is 296 Å². The molecule has 0 spiro atoms. The molecule has 0 N–H and O–H groups in total. The van der Waals surface area contributed by atoms with Gasteiger partial charge < -0.3 is 4.98 Å². The van der Waals surface area contributed by atoms with E-state index in [2.05, 4.69) is 51.5 Å². The standard InChI is InChI=1S/C25H15F3NS.C14H16GeN.Ir/c26-25(27,28)15-16-12-13-29-22(14-16)21-11-5-10-20-19-9-4-8-18(23(19)30-24(20)21)17-6-2-1-3-7-17;1-15(2,3)13-9-10-14(16-11-13)12-7-5-4-6-8-12;/h1-10,12-14H,15H2;4-7,9-11H,1-3H3;/q2*-1;/i15D2;;. The average Bonchev–Trinajstić information content (AvgIpc) is 3.48. The first-order valence-corrected chi connectivity index (χ1v) is 22.9. The third-order valence-electron chi connectivity index (χ3n) is 7.46. The minimum Gasteiger partial charge on any atom is 0 e. The Kier molecular flexibility index (Phi) is 9.96. The van der Waals surface area contributed by atoms with Gasteiger partial charge in [0.1, 0.15) is 0 Å². The summed E-state index contributed by atoms with van der Waals surface area (Å²) in [6.07, 6.45) is -5.25. The topological polar surface area (TPSA) is 25.8 Å². The smallest absolute Gasteiger partial charge is 0 e. The first kappa shape index (κ1) is 32.0. The van der Waals surface area contributed by atoms with Gasteiger partial charge in [0.2, 0.25) is 0 Å². The summed E-state index contributed by atoms with van der Waals surface area (Å²) in [6.45, 7) is 0. The molecule has 8 heteroatoms. The van der Waals surface area contributed by atoms with Gasteiger partial charge in [0.25, 0.3) is 0 Å². The number of alkyl halides is 3. The Morgan fingerprint density at radius 1 is 0.766 bits per heavy atom. The molecule has 7 aromatic rings. The fourth-order valence-electron chi connectivity index (χ4n) is 5.16. The van der Waals surface area contributed by atoms with Crippen LogP contribution in [0.25, 0.3) is 53.8 Å². The Hall–Kier alpha value is -3.62. The second kappa shape index (κ2) is 14.7. The first-order chi connectivity index (χ1) is 22.8. The van der Waals surface area contributed by atoms with Gasteiger partial charge in [-0.2, -0.15) is 24.5 Å². The molecule has 2 nitrogen and oxygen atoms in total. The zero-order chi connectivity index (χ0) is 34.1. The minimum atomic E-state index is -5.02. The predicted molar refractivity (Wildman–Crippen MR) is 188 cm³/mol. The van der Waals surface area contributed by atoms with E-state index in [1.165, 1.54) is 28.0 Å². The molecule has 3 aromatic heterocycles. The molecule has 0 aliphatic rings. The zero-order valence-corrected chi connectivity index (χ0v) is 31.1. The number of rotatable bonds is 5. The molecule has 0 fully saturated rings. The molecule has 0 amide bonds. The van der Waals surface area contributed by atoms with Crippen LogP contribution in [0.3, 0.4) is 0 Å². The molecule has 1 radical (unpaired) electrons. The van der Waals surface area contributed by atoms with E-state index in [4.69, 9.17) is 2.74 Å². The van der Waals surface area contributed by atoms with Crippen LogP contribution in [0.15, 0.2) is 122 Å². The first-order valence-electron chi connectivity index (χ1n) is 15.7. The quantitative estimate of drug-likeness (QED) is 0.127. The number of pyridine rings is 2. The Balaban J connectivity index is 0.000000233. The van der Waals surface area contributed by atoms with E-state index in [1.54, 1.807) is 6.07 Å². The van der Waals surface area contributed by atoms with Gasteiger partial charge in [0.15, 0.2) is 0 Å². The van der Waals surface area contributed by atoms with Gasteiger partial charge in [-0.15, -0.1) is 23.8 Å². The van der Waals surface area contributed by atoms with Crippen molar-refractivity contribution in [3.63, 3.8) is 0 Å². The van der Waals surface area contributed by atoms with Gasteiger partial charge in [0.05, 0.1) is 6.37 Å². The van der Waals surface area contributed by atoms with E-state index in [1.807, 2.05) is 85.1 Å². The summed E-state index contributed by atoms with van der Waals surface area (Å²) < 4.78 is 58.2. The number of nitrogens with zero attached hydrogens (tertiary/aromatic N) is 2. The van der Waals surface area contributed by atoms with Crippen molar-refractivity contribution >= 4 is 49.2 Å². The summed E-state index contributed by atoms with van der Waals surface area (Å²) in [5.74, 6) is 7.14. The van der Waals surface area contributed by atoms with Gasteiger partial charge in [0, 0.05) is 33.7 Å². The molecule has 0 aliphatic heterocycles. The fourth-order valence-corrected chi connectivity index (χ4v) is 8.67. The number of hydrogen-bond acceptors (Lipinski definition) is 3. The molecule has 0 saturated carbocycles. The van der Waals surface area contributed by atoms with Crippen LogP contribution in [0.5, 0.6) is 0 Å². The number of thiophene rings is 1. The van der Waals surface area contributed by atoms with Crippen molar-refractivity contribution in [1.29, 1.82) is 0 Å². The molecule has 4 aromatic carbocycles. The van der Waals surface area contributed by atoms with Crippen molar-refractivity contribution < 1.29 is 36.0 Å². The second-order valence-electron chi connectivity index (χ2n) is 11.8. The number of fused-ring (bicyclic) bond motifs is 3. The van der Waals surface area contributed by atoms with Crippen LogP contribution in [0.1, 0.15) is 8.30 Å². The van der Waals surface area contributed by atoms with E-state index in [-0.39, 0.29) is 25.8 Å². The van der Waals surface area contributed by atoms with Gasteiger partial charge in [-0.3, -0.25) is 0 Å². The fraction of sp³-hybridized carbons (Fsp3) is 0.128. The predicted octanol–water partition coefficient (Wildman–Crippen LogP) is 10.8. The maximum Gasteiger partial charge on any atom is 0 e. The van der Waals surface area contributed by atoms with Crippen molar-refractivity contribution in [2.24, 2.45) is 0 Å². The molecule has 0 atom stereocenters.